The fraction of sp³-hybridized carbons (Fsp3) is 1.00. The van der Waals surface area contributed by atoms with E-state index >= 15 is 0 Å². The first-order valence-corrected chi connectivity index (χ1v) is 31.3. The number of nitrogens with one attached hydrogen (secondary N) is 1. The van der Waals surface area contributed by atoms with Crippen LogP contribution in [-0.4, -0.2) is 217 Å². The molecule has 0 spiro atoms. The molecule has 0 aliphatic heterocycles. The fourth-order valence-electron chi connectivity index (χ4n) is 1.17. The van der Waals surface area contributed by atoms with Gasteiger partial charge in [0.2, 0.25) is 13.4 Å². The van der Waals surface area contributed by atoms with Crippen LogP contribution in [0.15, 0.2) is 0 Å². The summed E-state index contributed by atoms with van der Waals surface area (Å²) in [5, 5.41) is 77.1. The van der Waals surface area contributed by atoms with Crippen LogP contribution in [0.1, 0.15) is 253 Å². The number of aliphatic hydroxyl groups is 9. The number of nitrogens with zero attached hydrogens (tertiary/aromatic N) is 1. The van der Waals surface area contributed by atoms with E-state index in [4.69, 9.17) is 55.4 Å². The van der Waals surface area contributed by atoms with E-state index in [-0.39, 0.29) is 35.6 Å². The number of hydrogen-bond acceptors (Lipinski definition) is 14. The number of methoxy groups -OCH3 is 3. The molecule has 2 aliphatic rings. The number of halogens is 14. The maximum Gasteiger partial charge on any atom is 0.416 e. The van der Waals surface area contributed by atoms with Gasteiger partial charge in [-0.3, -0.25) is 0 Å². The van der Waals surface area contributed by atoms with E-state index in [1.54, 1.807) is 76.9 Å². The van der Waals surface area contributed by atoms with Crippen molar-refractivity contribution >= 4 is 0 Å². The second kappa shape index (κ2) is 87.5. The maximum absolute atomic E-state index is 11.7. The Labute approximate surface area is 567 Å². The first kappa shape index (κ1) is 136. The molecule has 0 saturated heterocycles. The normalized spacial score (nSPS) is 13.4. The minimum Gasteiger partial charge on any atom is -0.400 e. The molecule has 28 heteroatoms. The van der Waals surface area contributed by atoms with Crippen molar-refractivity contribution in [2.24, 2.45) is 17.8 Å². The topological polar surface area (TPSA) is 225 Å². The molecule has 0 bridgehead atoms. The average molecular weight is 1430 g/mol. The largest absolute Gasteiger partial charge is 0.416 e. The Hall–Kier alpha value is -1.54. The second-order valence-corrected chi connectivity index (χ2v) is 25.7. The van der Waals surface area contributed by atoms with Crippen LogP contribution in [0, 0.1) is 17.8 Å². The van der Waals surface area contributed by atoms with Crippen LogP contribution in [0.2, 0.25) is 0 Å². The van der Waals surface area contributed by atoms with Crippen LogP contribution < -0.4 is 5.32 Å². The Morgan fingerprint density at radius 3 is 0.745 bits per heavy atom. The first-order chi connectivity index (χ1) is 41.3. The zero-order valence-electron chi connectivity index (χ0n) is 66.3. The van der Waals surface area contributed by atoms with Crippen molar-refractivity contribution in [2.75, 3.05) is 69.7 Å². The summed E-state index contributed by atoms with van der Waals surface area (Å²) in [4.78, 5) is 2.12. The molecule has 598 valence electrons. The highest BCUT2D eigenvalue weighted by Crippen LogP contribution is 2.33. The summed E-state index contributed by atoms with van der Waals surface area (Å²) < 4.78 is 161. The predicted octanol–water partition coefficient (Wildman–Crippen LogP) is 17.6. The van der Waals surface area contributed by atoms with Gasteiger partial charge >= 0.3 is 19.0 Å². The molecule has 2 saturated carbocycles. The maximum atomic E-state index is 11.7. The van der Waals surface area contributed by atoms with E-state index in [1.807, 2.05) is 69.2 Å². The highest BCUT2D eigenvalue weighted by atomic mass is 19.4. The van der Waals surface area contributed by atoms with Gasteiger partial charge in [0, 0.05) is 47.7 Å². The van der Waals surface area contributed by atoms with Gasteiger partial charge in [0.15, 0.2) is 5.60 Å². The number of hydrogen-bond donors (Lipinski definition) is 10. The number of alkyl halides is 14. The van der Waals surface area contributed by atoms with Crippen molar-refractivity contribution in [3.63, 3.8) is 0 Å². The minimum absolute atomic E-state index is 0.0370. The Morgan fingerprint density at radius 1 is 0.585 bits per heavy atom. The summed E-state index contributed by atoms with van der Waals surface area (Å²) in [7, 11) is 11.8. The zero-order valence-corrected chi connectivity index (χ0v) is 66.3. The molecular formula is C66H154F14N2O12. The molecule has 10 N–H and O–H groups in total. The molecule has 0 aromatic carbocycles. The average Bonchev–Trinajstić information content (AvgIpc) is 4.30. The van der Waals surface area contributed by atoms with Gasteiger partial charge in [-0.25, -0.2) is 22.0 Å². The highest BCUT2D eigenvalue weighted by Gasteiger charge is 2.45. The Kier molecular flexibility index (Phi) is 127. The van der Waals surface area contributed by atoms with Gasteiger partial charge in [-0.05, 0) is 222 Å². The van der Waals surface area contributed by atoms with Crippen molar-refractivity contribution in [3.05, 3.63) is 0 Å². The van der Waals surface area contributed by atoms with Crippen LogP contribution in [0.3, 0.4) is 0 Å². The van der Waals surface area contributed by atoms with Crippen molar-refractivity contribution in [1.29, 1.82) is 0 Å². The molecule has 4 atom stereocenters. The van der Waals surface area contributed by atoms with Crippen molar-refractivity contribution in [1.82, 2.24) is 10.2 Å². The summed E-state index contributed by atoms with van der Waals surface area (Å²) in [5.41, 5.74) is -4.27. The van der Waals surface area contributed by atoms with Gasteiger partial charge in [0.1, 0.15) is 11.8 Å². The number of ether oxygens (including phenoxy) is 3. The van der Waals surface area contributed by atoms with Crippen LogP contribution in [0.5, 0.6) is 0 Å². The van der Waals surface area contributed by atoms with Gasteiger partial charge in [0.25, 0.3) is 0 Å². The van der Waals surface area contributed by atoms with Gasteiger partial charge in [0.05, 0.1) is 41.2 Å². The monoisotopic (exact) mass is 1430 g/mol. The van der Waals surface area contributed by atoms with Crippen LogP contribution >= 0.6 is 0 Å². The summed E-state index contributed by atoms with van der Waals surface area (Å²) in [5.74, 6) is 1.95. The summed E-state index contributed by atoms with van der Waals surface area (Å²) in [6, 6.07) is 0.648. The number of rotatable bonds is 8. The van der Waals surface area contributed by atoms with E-state index in [2.05, 4.69) is 77.5 Å². The molecule has 0 amide bonds. The molecule has 4 unspecified atom stereocenters. The lowest BCUT2D eigenvalue weighted by Gasteiger charge is -2.20. The molecule has 0 aromatic rings. The lowest BCUT2D eigenvalue weighted by molar-refractivity contribution is -0.245. The lowest BCUT2D eigenvalue weighted by Crippen LogP contribution is -2.38. The summed E-state index contributed by atoms with van der Waals surface area (Å²) >= 11 is 0. The van der Waals surface area contributed by atoms with E-state index < -0.39 is 55.4 Å². The van der Waals surface area contributed by atoms with Crippen LogP contribution in [0.25, 0.3) is 0 Å². The third-order valence-electron chi connectivity index (χ3n) is 8.15. The van der Waals surface area contributed by atoms with Crippen molar-refractivity contribution < 1.29 is 122 Å². The molecule has 94 heavy (non-hydrogen) atoms. The molecule has 0 heterocycles. The molecule has 2 fully saturated rings. The van der Waals surface area contributed by atoms with Gasteiger partial charge in [-0.2, -0.15) is 39.5 Å². The summed E-state index contributed by atoms with van der Waals surface area (Å²) in [6.07, 6.45) is -6.73. The van der Waals surface area contributed by atoms with Gasteiger partial charge < -0.3 is 70.4 Å². The van der Waals surface area contributed by atoms with E-state index in [0.717, 1.165) is 52.3 Å². The van der Waals surface area contributed by atoms with E-state index in [1.165, 1.54) is 40.0 Å². The minimum atomic E-state index is -4.51. The van der Waals surface area contributed by atoms with Crippen LogP contribution in [-0.2, 0) is 14.2 Å². The van der Waals surface area contributed by atoms with Crippen molar-refractivity contribution in [3.8, 4) is 0 Å². The molecular weight excluding hydrogens is 1280 g/mol. The van der Waals surface area contributed by atoms with Crippen molar-refractivity contribution in [2.45, 2.75) is 349 Å². The smallest absolute Gasteiger partial charge is 0.400 e. The van der Waals surface area contributed by atoms with E-state index in [0.29, 0.717) is 44.8 Å². The first-order valence-electron chi connectivity index (χ1n) is 31.3. The van der Waals surface area contributed by atoms with Gasteiger partial charge in [-0.1, -0.05) is 75.7 Å². The molecule has 14 nitrogen and oxygen atoms in total. The molecule has 2 aliphatic carbocycles. The fourth-order valence-corrected chi connectivity index (χ4v) is 1.17. The highest BCUT2D eigenvalue weighted by molar-refractivity contribution is 4.87. The Balaban J connectivity index is -0.0000000446. The standard InChI is InChI=1S/C5H13N.C5H10O.2C5H12O.C5H12.C4H7F3O.C4H9F.C4H11N.C4H8O.3C4H10O.C3H5F3O.C3H8O.C2H4F2.C2H6O.CHF3.CH2F2.CH4O/c1-4-6-5(2)3;1-4(6)5-2-3-5;1-5(2,3)6-4;1-4(2)5(3)6;1-4-5(2)3;1-3(2,8)4(5,6)7;1-4(2,3)5;1-4-5(2)3;1-4(5)2-3-4;1-4(2)5-3;1-4(2,3)5;1-3-4(2)5;1-2(7)3(4,5)6;1-3(2)4;1-2(3)4;1-3-2;2-1(3)4;2-1-3;1-2/h5-6H,4H2,1-3H3;4-6H,2-3H2,1H3;1-4H3;4-6H,1-3H3;5H,4H2,1-3H3;8H,1-2H3;1-3H3;4H2,1-3H3;5H,2-3H2,1H3;4H,1-3H3;5H,1-3H3;4-5H,3H2,1-2H3;2,7H,1H3;3-4H,1-2H3;2H,1H3;1-2H3;1H;1H2;2H,1H3. The summed E-state index contributed by atoms with van der Waals surface area (Å²) in [6.45, 7) is 51.4. The molecule has 0 radical (unpaired) electrons. The Bertz CT molecular complexity index is 1140. The van der Waals surface area contributed by atoms with Crippen LogP contribution in [0.4, 0.5) is 61.5 Å². The Morgan fingerprint density at radius 2 is 0.745 bits per heavy atom. The predicted molar refractivity (Wildman–Crippen MR) is 367 cm³/mol. The van der Waals surface area contributed by atoms with E-state index in [9.17, 15) is 61.5 Å². The quantitative estimate of drug-likeness (QED) is 0.102. The lowest BCUT2D eigenvalue weighted by atomic mass is 10.1. The third kappa shape index (κ3) is 383. The zero-order chi connectivity index (χ0) is 81.2. The molecule has 2 rings (SSSR count). The molecule has 0 aromatic heterocycles. The number of aliphatic hydroxyl groups excluding tert-OH is 6. The third-order valence-corrected chi connectivity index (χ3v) is 8.15. The second-order valence-electron chi connectivity index (χ2n) is 25.7. The van der Waals surface area contributed by atoms with Gasteiger partial charge in [-0.15, -0.1) is 0 Å². The SMILES string of the molecule is CC(C)(C)F.CC(C)(C)O.CC(C)(O)C(F)(F)F.CC(C)C(C)O.CC(C)O.CC(F)F.CC(O)C(F)(F)F.CC(O)C1CC1.CC1(O)CC1.CCC(C)C.CCC(C)O.CCN(C)C.CCNC(C)C.CO.COC.COC(C)(C)C.COC(C)C.FC(F)F.FCF.